The van der Waals surface area contributed by atoms with Gasteiger partial charge in [-0.3, -0.25) is 0 Å². The van der Waals surface area contributed by atoms with Gasteiger partial charge >= 0.3 is 0 Å². The van der Waals surface area contributed by atoms with Crippen molar-refractivity contribution in [2.45, 2.75) is 39.7 Å². The van der Waals surface area contributed by atoms with Crippen molar-refractivity contribution in [3.05, 3.63) is 0 Å². The lowest BCUT2D eigenvalue weighted by Gasteiger charge is -2.22. The summed E-state index contributed by atoms with van der Waals surface area (Å²) >= 11 is 0. The smallest absolute Gasteiger partial charge is 0.0723 e. The highest BCUT2D eigenvalue weighted by molar-refractivity contribution is 4.65. The van der Waals surface area contributed by atoms with Gasteiger partial charge in [0.2, 0.25) is 0 Å². The summed E-state index contributed by atoms with van der Waals surface area (Å²) in [5.74, 6) is 0.530. The first-order valence-corrected chi connectivity index (χ1v) is 7.11. The van der Waals surface area contributed by atoms with E-state index in [1.54, 1.807) is 7.11 Å². The molecule has 1 unspecified atom stereocenters. The molecule has 0 radical (unpaired) electrons. The van der Waals surface area contributed by atoms with Gasteiger partial charge < -0.3 is 19.5 Å². The molecule has 0 fully saturated rings. The van der Waals surface area contributed by atoms with Crippen LogP contribution in [0.25, 0.3) is 0 Å². The van der Waals surface area contributed by atoms with E-state index in [-0.39, 0.29) is 6.10 Å². The van der Waals surface area contributed by atoms with Crippen LogP contribution >= 0.6 is 0 Å². The summed E-state index contributed by atoms with van der Waals surface area (Å²) in [7, 11) is 1.71. The molecule has 0 rings (SSSR count). The quantitative estimate of drug-likeness (QED) is 0.515. The Morgan fingerprint density at radius 3 is 2.44 bits per heavy atom. The number of hydrogen-bond acceptors (Lipinski definition) is 4. The van der Waals surface area contributed by atoms with Crippen LogP contribution in [0.5, 0.6) is 0 Å². The van der Waals surface area contributed by atoms with Crippen molar-refractivity contribution in [3.8, 4) is 0 Å². The van der Waals surface area contributed by atoms with Crippen LogP contribution in [0.4, 0.5) is 0 Å². The van der Waals surface area contributed by atoms with Gasteiger partial charge in [0, 0.05) is 26.9 Å². The predicted molar refractivity (Wildman–Crippen MR) is 75.1 cm³/mol. The molecule has 0 aliphatic carbocycles. The Morgan fingerprint density at radius 1 is 1.06 bits per heavy atom. The second-order valence-corrected chi connectivity index (χ2v) is 4.82. The van der Waals surface area contributed by atoms with E-state index in [2.05, 4.69) is 26.1 Å². The van der Waals surface area contributed by atoms with E-state index in [1.807, 2.05) is 0 Å². The average Bonchev–Trinajstić information content (AvgIpc) is 2.35. The molecule has 0 aliphatic heterocycles. The lowest BCUT2D eigenvalue weighted by atomic mass is 10.1. The molecule has 4 heteroatoms. The van der Waals surface area contributed by atoms with Gasteiger partial charge in [-0.05, 0) is 25.3 Å². The van der Waals surface area contributed by atoms with Gasteiger partial charge in [0.1, 0.15) is 0 Å². The fourth-order valence-corrected chi connectivity index (χ4v) is 1.57. The highest BCUT2D eigenvalue weighted by Crippen LogP contribution is 2.05. The standard InChI is InChI=1S/C14H31NO3/c1-5-7-15-12-14(13(2)3)18-11-10-17-9-6-8-16-4/h13-15H,5-12H2,1-4H3. The van der Waals surface area contributed by atoms with Crippen molar-refractivity contribution in [2.75, 3.05) is 46.6 Å². The third kappa shape index (κ3) is 11.0. The monoisotopic (exact) mass is 261 g/mol. The third-order valence-corrected chi connectivity index (χ3v) is 2.71. The summed E-state index contributed by atoms with van der Waals surface area (Å²) in [6.45, 7) is 11.4. The Kier molecular flexibility index (Phi) is 13.2. The number of ether oxygens (including phenoxy) is 3. The normalized spacial score (nSPS) is 13.2. The Labute approximate surface area is 112 Å². The molecule has 0 saturated carbocycles. The lowest BCUT2D eigenvalue weighted by Crippen LogP contribution is -2.34. The van der Waals surface area contributed by atoms with E-state index in [9.17, 15) is 0 Å². The molecule has 0 aromatic rings. The molecule has 0 bridgehead atoms. The van der Waals surface area contributed by atoms with E-state index in [0.29, 0.717) is 19.1 Å². The first-order chi connectivity index (χ1) is 8.72. The molecule has 0 heterocycles. The molecule has 4 nitrogen and oxygen atoms in total. The minimum atomic E-state index is 0.277. The summed E-state index contributed by atoms with van der Waals surface area (Å²) in [6.07, 6.45) is 2.38. The van der Waals surface area contributed by atoms with Gasteiger partial charge in [0.25, 0.3) is 0 Å². The minimum Gasteiger partial charge on any atom is -0.385 e. The van der Waals surface area contributed by atoms with Crippen LogP contribution in [-0.4, -0.2) is 52.7 Å². The molecule has 0 aliphatic rings. The maximum atomic E-state index is 5.84. The molecular formula is C14H31NO3. The van der Waals surface area contributed by atoms with Crippen molar-refractivity contribution in [3.63, 3.8) is 0 Å². The average molecular weight is 261 g/mol. The van der Waals surface area contributed by atoms with Gasteiger partial charge in [-0.1, -0.05) is 20.8 Å². The molecule has 0 aromatic heterocycles. The second kappa shape index (κ2) is 13.3. The van der Waals surface area contributed by atoms with Crippen LogP contribution in [0.3, 0.4) is 0 Å². The van der Waals surface area contributed by atoms with Crippen molar-refractivity contribution in [2.24, 2.45) is 5.92 Å². The molecule has 0 amide bonds. The maximum Gasteiger partial charge on any atom is 0.0723 e. The number of hydrogen-bond donors (Lipinski definition) is 1. The zero-order valence-electron chi connectivity index (χ0n) is 12.5. The first-order valence-electron chi connectivity index (χ1n) is 7.11. The number of rotatable bonds is 13. The van der Waals surface area contributed by atoms with Gasteiger partial charge in [-0.15, -0.1) is 0 Å². The highest BCUT2D eigenvalue weighted by Gasteiger charge is 2.12. The van der Waals surface area contributed by atoms with Crippen LogP contribution in [0, 0.1) is 5.92 Å². The Balaban J connectivity index is 3.46. The summed E-state index contributed by atoms with van der Waals surface area (Å²) in [5.41, 5.74) is 0. The van der Waals surface area contributed by atoms with Crippen LogP contribution in [0.2, 0.25) is 0 Å². The topological polar surface area (TPSA) is 39.7 Å². The molecule has 0 saturated heterocycles. The number of methoxy groups -OCH3 is 1. The van der Waals surface area contributed by atoms with Gasteiger partial charge in [-0.2, -0.15) is 0 Å². The summed E-state index contributed by atoms with van der Waals surface area (Å²) in [5, 5.41) is 3.40. The first kappa shape index (κ1) is 17.8. The van der Waals surface area contributed by atoms with Crippen LogP contribution in [0.15, 0.2) is 0 Å². The van der Waals surface area contributed by atoms with E-state index in [0.717, 1.165) is 39.1 Å². The molecule has 0 aromatic carbocycles. The lowest BCUT2D eigenvalue weighted by molar-refractivity contribution is -0.0162. The SMILES string of the molecule is CCCNCC(OCCOCCCOC)C(C)C. The highest BCUT2D eigenvalue weighted by atomic mass is 16.5. The van der Waals surface area contributed by atoms with E-state index < -0.39 is 0 Å². The third-order valence-electron chi connectivity index (χ3n) is 2.71. The Morgan fingerprint density at radius 2 is 1.83 bits per heavy atom. The molecular weight excluding hydrogens is 230 g/mol. The van der Waals surface area contributed by atoms with Gasteiger partial charge in [0.15, 0.2) is 0 Å². The van der Waals surface area contributed by atoms with E-state index in [1.165, 1.54) is 0 Å². The van der Waals surface area contributed by atoms with Crippen LogP contribution in [-0.2, 0) is 14.2 Å². The Bertz CT molecular complexity index is 165. The summed E-state index contributed by atoms with van der Waals surface area (Å²) in [4.78, 5) is 0. The predicted octanol–water partition coefficient (Wildman–Crippen LogP) is 2.08. The van der Waals surface area contributed by atoms with Crippen LogP contribution in [0.1, 0.15) is 33.6 Å². The maximum absolute atomic E-state index is 5.84. The molecule has 110 valence electrons. The fourth-order valence-electron chi connectivity index (χ4n) is 1.57. The fraction of sp³-hybridized carbons (Fsp3) is 1.00. The summed E-state index contributed by atoms with van der Waals surface area (Å²) in [6, 6.07) is 0. The Hall–Kier alpha value is -0.160. The van der Waals surface area contributed by atoms with Crippen molar-refractivity contribution >= 4 is 0 Å². The van der Waals surface area contributed by atoms with Crippen molar-refractivity contribution in [1.29, 1.82) is 0 Å². The number of nitrogens with one attached hydrogen (secondary N) is 1. The molecule has 0 spiro atoms. The van der Waals surface area contributed by atoms with Crippen LogP contribution < -0.4 is 5.32 Å². The summed E-state index contributed by atoms with van der Waals surface area (Å²) < 4.78 is 16.3. The largest absolute Gasteiger partial charge is 0.385 e. The molecule has 18 heavy (non-hydrogen) atoms. The second-order valence-electron chi connectivity index (χ2n) is 4.82. The van der Waals surface area contributed by atoms with Gasteiger partial charge in [0.05, 0.1) is 19.3 Å². The molecule has 1 atom stereocenters. The van der Waals surface area contributed by atoms with E-state index >= 15 is 0 Å². The van der Waals surface area contributed by atoms with Gasteiger partial charge in [-0.25, -0.2) is 0 Å². The molecule has 1 N–H and O–H groups in total. The van der Waals surface area contributed by atoms with Crippen molar-refractivity contribution < 1.29 is 14.2 Å². The zero-order chi connectivity index (χ0) is 13.6. The minimum absolute atomic E-state index is 0.277. The zero-order valence-corrected chi connectivity index (χ0v) is 12.5. The van der Waals surface area contributed by atoms with Crippen molar-refractivity contribution in [1.82, 2.24) is 5.32 Å². The van der Waals surface area contributed by atoms with E-state index in [4.69, 9.17) is 14.2 Å².